The van der Waals surface area contributed by atoms with Gasteiger partial charge in [-0.3, -0.25) is 4.99 Å². The van der Waals surface area contributed by atoms with Crippen LogP contribution >= 0.6 is 24.0 Å². The molecule has 0 bridgehead atoms. The van der Waals surface area contributed by atoms with E-state index in [1.165, 1.54) is 0 Å². The van der Waals surface area contributed by atoms with E-state index in [9.17, 15) is 0 Å². The molecule has 0 aromatic carbocycles. The van der Waals surface area contributed by atoms with Crippen molar-refractivity contribution in [3.05, 3.63) is 18.0 Å². The molecule has 98 valence electrons. The summed E-state index contributed by atoms with van der Waals surface area (Å²) in [5, 5.41) is 10.1. The number of nitrogens with zero attached hydrogens (tertiary/aromatic N) is 2. The summed E-state index contributed by atoms with van der Waals surface area (Å²) in [6.45, 7) is 2.17. The lowest BCUT2D eigenvalue weighted by atomic mass is 10.4. The van der Waals surface area contributed by atoms with Crippen LogP contribution in [0.3, 0.4) is 0 Å². The maximum atomic E-state index is 4.95. The number of hydrogen-bond donors (Lipinski definition) is 2. The average molecular weight is 354 g/mol. The number of rotatable bonds is 6. The monoisotopic (exact) mass is 354 g/mol. The SMILES string of the molecule is CN=C(NCCCOC)NCc1ccon1.I. The molecule has 17 heavy (non-hydrogen) atoms. The minimum absolute atomic E-state index is 0. The molecule has 0 aliphatic rings. The summed E-state index contributed by atoms with van der Waals surface area (Å²) >= 11 is 0. The lowest BCUT2D eigenvalue weighted by molar-refractivity contribution is 0.195. The van der Waals surface area contributed by atoms with Crippen LogP contribution in [0.25, 0.3) is 0 Å². The number of nitrogens with one attached hydrogen (secondary N) is 2. The van der Waals surface area contributed by atoms with Crippen molar-refractivity contribution < 1.29 is 9.26 Å². The number of halogens is 1. The van der Waals surface area contributed by atoms with Gasteiger partial charge in [0, 0.05) is 33.4 Å². The summed E-state index contributed by atoms with van der Waals surface area (Å²) in [7, 11) is 3.42. The topological polar surface area (TPSA) is 71.7 Å². The van der Waals surface area contributed by atoms with Gasteiger partial charge in [-0.15, -0.1) is 24.0 Å². The second-order valence-electron chi connectivity index (χ2n) is 3.19. The van der Waals surface area contributed by atoms with E-state index in [1.54, 1.807) is 20.4 Å². The fourth-order valence-corrected chi connectivity index (χ4v) is 1.15. The maximum Gasteiger partial charge on any atom is 0.191 e. The zero-order valence-electron chi connectivity index (χ0n) is 10.1. The largest absolute Gasteiger partial charge is 0.385 e. The second kappa shape index (κ2) is 10.3. The normalized spacial score (nSPS) is 10.8. The summed E-state index contributed by atoms with van der Waals surface area (Å²) in [6.07, 6.45) is 2.49. The average Bonchev–Trinajstić information content (AvgIpc) is 2.81. The standard InChI is InChI=1S/C10H18N4O2.HI/c1-11-10(12-5-3-6-15-2)13-8-9-4-7-16-14-9;/h4,7H,3,5-6,8H2,1-2H3,(H2,11,12,13);1H. The molecule has 1 rings (SSSR count). The van der Waals surface area contributed by atoms with Crippen molar-refractivity contribution in [1.82, 2.24) is 15.8 Å². The molecule has 0 saturated carbocycles. The summed E-state index contributed by atoms with van der Waals surface area (Å²) in [6, 6.07) is 1.81. The third-order valence-corrected chi connectivity index (χ3v) is 1.97. The zero-order chi connectivity index (χ0) is 11.6. The lowest BCUT2D eigenvalue weighted by Gasteiger charge is -2.10. The summed E-state index contributed by atoms with van der Waals surface area (Å²) in [4.78, 5) is 4.08. The zero-order valence-corrected chi connectivity index (χ0v) is 12.4. The van der Waals surface area contributed by atoms with Crippen LogP contribution < -0.4 is 10.6 Å². The molecular weight excluding hydrogens is 335 g/mol. The Balaban J connectivity index is 0.00000256. The van der Waals surface area contributed by atoms with Crippen LogP contribution in [0.4, 0.5) is 0 Å². The number of methoxy groups -OCH3 is 1. The first-order valence-electron chi connectivity index (χ1n) is 5.19. The van der Waals surface area contributed by atoms with Gasteiger partial charge in [-0.2, -0.15) is 0 Å². The van der Waals surface area contributed by atoms with Crippen molar-refractivity contribution in [3.63, 3.8) is 0 Å². The van der Waals surface area contributed by atoms with E-state index in [1.807, 2.05) is 6.07 Å². The molecule has 2 N–H and O–H groups in total. The van der Waals surface area contributed by atoms with Gasteiger partial charge in [0.1, 0.15) is 12.0 Å². The highest BCUT2D eigenvalue weighted by Crippen LogP contribution is 1.92. The van der Waals surface area contributed by atoms with Crippen molar-refractivity contribution in [3.8, 4) is 0 Å². The third-order valence-electron chi connectivity index (χ3n) is 1.97. The van der Waals surface area contributed by atoms with Crippen LogP contribution in [0.5, 0.6) is 0 Å². The molecule has 0 saturated heterocycles. The van der Waals surface area contributed by atoms with E-state index in [2.05, 4.69) is 20.8 Å². The summed E-state index contributed by atoms with van der Waals surface area (Å²) in [5.74, 6) is 0.749. The minimum Gasteiger partial charge on any atom is -0.385 e. The minimum atomic E-state index is 0. The van der Waals surface area contributed by atoms with E-state index >= 15 is 0 Å². The number of ether oxygens (including phenoxy) is 1. The van der Waals surface area contributed by atoms with Crippen molar-refractivity contribution in [2.24, 2.45) is 4.99 Å². The molecule has 0 unspecified atom stereocenters. The highest BCUT2D eigenvalue weighted by Gasteiger charge is 1.99. The fourth-order valence-electron chi connectivity index (χ4n) is 1.15. The van der Waals surface area contributed by atoms with Gasteiger partial charge in [-0.05, 0) is 6.42 Å². The number of hydrogen-bond acceptors (Lipinski definition) is 4. The van der Waals surface area contributed by atoms with Gasteiger partial charge >= 0.3 is 0 Å². The number of guanidine groups is 1. The number of aromatic nitrogens is 1. The second-order valence-corrected chi connectivity index (χ2v) is 3.19. The predicted octanol–water partition coefficient (Wildman–Crippen LogP) is 0.994. The van der Waals surface area contributed by atoms with Crippen molar-refractivity contribution in [2.75, 3.05) is 27.3 Å². The van der Waals surface area contributed by atoms with Crippen LogP contribution in [0.1, 0.15) is 12.1 Å². The molecule has 1 heterocycles. The molecule has 1 aromatic rings. The Labute approximate surface area is 118 Å². The highest BCUT2D eigenvalue weighted by molar-refractivity contribution is 14.0. The van der Waals surface area contributed by atoms with Gasteiger partial charge in [0.05, 0.1) is 6.54 Å². The van der Waals surface area contributed by atoms with Gasteiger partial charge < -0.3 is 19.9 Å². The molecule has 7 heteroatoms. The Morgan fingerprint density at radius 1 is 1.53 bits per heavy atom. The molecule has 0 fully saturated rings. The quantitative estimate of drug-likeness (QED) is 0.345. The van der Waals surface area contributed by atoms with Gasteiger partial charge in [-0.25, -0.2) is 0 Å². The van der Waals surface area contributed by atoms with Crippen LogP contribution in [0.2, 0.25) is 0 Å². The molecule has 6 nitrogen and oxygen atoms in total. The Kier molecular flexibility index (Phi) is 9.83. The molecule has 0 radical (unpaired) electrons. The van der Waals surface area contributed by atoms with E-state index < -0.39 is 0 Å². The molecule has 1 aromatic heterocycles. The Bertz CT molecular complexity index is 303. The van der Waals surface area contributed by atoms with E-state index in [0.717, 1.165) is 31.2 Å². The van der Waals surface area contributed by atoms with Crippen molar-refractivity contribution >= 4 is 29.9 Å². The Hall–Kier alpha value is -0.830. The first kappa shape index (κ1) is 16.2. The van der Waals surface area contributed by atoms with Gasteiger partial charge in [0.2, 0.25) is 0 Å². The van der Waals surface area contributed by atoms with Crippen LogP contribution in [-0.2, 0) is 11.3 Å². The van der Waals surface area contributed by atoms with Gasteiger partial charge in [0.15, 0.2) is 5.96 Å². The lowest BCUT2D eigenvalue weighted by Crippen LogP contribution is -2.37. The smallest absolute Gasteiger partial charge is 0.191 e. The van der Waals surface area contributed by atoms with Gasteiger partial charge in [-0.1, -0.05) is 5.16 Å². The fraction of sp³-hybridized carbons (Fsp3) is 0.600. The summed E-state index contributed by atoms with van der Waals surface area (Å²) < 4.78 is 9.68. The van der Waals surface area contributed by atoms with Crippen LogP contribution in [0, 0.1) is 0 Å². The van der Waals surface area contributed by atoms with E-state index in [4.69, 9.17) is 9.26 Å². The molecule has 0 amide bonds. The molecule has 0 spiro atoms. The van der Waals surface area contributed by atoms with E-state index in [-0.39, 0.29) is 24.0 Å². The third kappa shape index (κ3) is 7.16. The molecular formula is C10H19IN4O2. The van der Waals surface area contributed by atoms with Crippen LogP contribution in [-0.4, -0.2) is 38.4 Å². The van der Waals surface area contributed by atoms with Crippen molar-refractivity contribution in [1.29, 1.82) is 0 Å². The van der Waals surface area contributed by atoms with Crippen molar-refractivity contribution in [2.45, 2.75) is 13.0 Å². The molecule has 0 aliphatic heterocycles. The first-order chi connectivity index (χ1) is 7.86. The molecule has 0 atom stereocenters. The maximum absolute atomic E-state index is 4.95. The van der Waals surface area contributed by atoms with Crippen LogP contribution in [0.15, 0.2) is 21.8 Å². The highest BCUT2D eigenvalue weighted by atomic mass is 127. The Morgan fingerprint density at radius 2 is 2.35 bits per heavy atom. The predicted molar refractivity (Wildman–Crippen MR) is 76.6 cm³/mol. The van der Waals surface area contributed by atoms with Gasteiger partial charge in [0.25, 0.3) is 0 Å². The first-order valence-corrected chi connectivity index (χ1v) is 5.19. The Morgan fingerprint density at radius 3 is 2.94 bits per heavy atom. The number of aliphatic imine (C=N–C) groups is 1. The molecule has 0 aliphatic carbocycles. The summed E-state index contributed by atoms with van der Waals surface area (Å²) in [5.41, 5.74) is 0.847. The van der Waals surface area contributed by atoms with E-state index in [0.29, 0.717) is 6.54 Å².